The summed E-state index contributed by atoms with van der Waals surface area (Å²) in [5, 5.41) is -0.829. The molecule has 0 saturated heterocycles. The van der Waals surface area contributed by atoms with Crippen LogP contribution in [0.5, 0.6) is 17.2 Å². The van der Waals surface area contributed by atoms with Gasteiger partial charge >= 0.3 is 18.1 Å². The fourth-order valence-electron chi connectivity index (χ4n) is 2.53. The van der Waals surface area contributed by atoms with Crippen molar-refractivity contribution < 1.29 is 46.5 Å². The summed E-state index contributed by atoms with van der Waals surface area (Å²) in [6.07, 6.45) is -5.67. The van der Waals surface area contributed by atoms with Crippen LogP contribution in [0.4, 0.5) is 13.2 Å². The molecule has 0 aliphatic carbocycles. The molecule has 184 valence electrons. The first-order valence-electron chi connectivity index (χ1n) is 9.72. The van der Waals surface area contributed by atoms with Gasteiger partial charge < -0.3 is 18.9 Å². The van der Waals surface area contributed by atoms with Crippen LogP contribution in [-0.4, -0.2) is 42.6 Å². The zero-order valence-corrected chi connectivity index (χ0v) is 19.8. The Labute approximate surface area is 202 Å². The first kappa shape index (κ1) is 27.3. The summed E-state index contributed by atoms with van der Waals surface area (Å²) < 4.78 is 59.1. The van der Waals surface area contributed by atoms with Crippen molar-refractivity contribution in [1.82, 2.24) is 0 Å². The molecule has 0 radical (unpaired) electrons. The zero-order chi connectivity index (χ0) is 25.5. The molecule has 2 aromatic rings. The molecule has 0 spiro atoms. The maximum atomic E-state index is 12.9. The standard InChI is InChI=1S/C22H20ClF3O7S/c1-4-31-19(27)11-34-21(29)15-7-6-14(10-18(15)32-12(2)20(28)30-3)33-17-8-5-13(9-16(17)23)22(24,25)26/h5-10,12H,4,11H2,1-3H3. The Balaban J connectivity index is 2.32. The Morgan fingerprint density at radius 3 is 2.38 bits per heavy atom. The highest BCUT2D eigenvalue weighted by molar-refractivity contribution is 8.14. The Morgan fingerprint density at radius 2 is 1.79 bits per heavy atom. The lowest BCUT2D eigenvalue weighted by Crippen LogP contribution is -2.25. The summed E-state index contributed by atoms with van der Waals surface area (Å²) in [7, 11) is 1.16. The van der Waals surface area contributed by atoms with Gasteiger partial charge in [0.25, 0.3) is 0 Å². The van der Waals surface area contributed by atoms with Gasteiger partial charge in [-0.2, -0.15) is 13.2 Å². The number of hydrogen-bond acceptors (Lipinski definition) is 8. The van der Waals surface area contributed by atoms with Crippen LogP contribution in [0.3, 0.4) is 0 Å². The van der Waals surface area contributed by atoms with E-state index in [1.807, 2.05) is 0 Å². The third kappa shape index (κ3) is 7.56. The summed E-state index contributed by atoms with van der Waals surface area (Å²) in [5.74, 6) is -1.60. The first-order valence-corrected chi connectivity index (χ1v) is 11.1. The molecule has 34 heavy (non-hydrogen) atoms. The second-order valence-electron chi connectivity index (χ2n) is 6.57. The van der Waals surface area contributed by atoms with Gasteiger partial charge in [0.2, 0.25) is 5.12 Å². The molecular formula is C22H20ClF3O7S. The highest BCUT2D eigenvalue weighted by Crippen LogP contribution is 2.38. The summed E-state index contributed by atoms with van der Waals surface area (Å²) in [6.45, 7) is 3.19. The predicted molar refractivity (Wildman–Crippen MR) is 118 cm³/mol. The van der Waals surface area contributed by atoms with Gasteiger partial charge in [0.1, 0.15) is 17.2 Å². The number of carbonyl (C=O) groups excluding carboxylic acids is 3. The first-order chi connectivity index (χ1) is 16.0. The van der Waals surface area contributed by atoms with Crippen molar-refractivity contribution in [2.75, 3.05) is 19.5 Å². The van der Waals surface area contributed by atoms with E-state index in [0.29, 0.717) is 11.8 Å². The summed E-state index contributed by atoms with van der Waals surface area (Å²) in [5.41, 5.74) is -0.920. The highest BCUT2D eigenvalue weighted by atomic mass is 35.5. The Bertz CT molecular complexity index is 1060. The van der Waals surface area contributed by atoms with Crippen LogP contribution in [0.1, 0.15) is 29.8 Å². The topological polar surface area (TPSA) is 88.1 Å². The molecule has 0 fully saturated rings. The van der Waals surface area contributed by atoms with Crippen molar-refractivity contribution in [2.24, 2.45) is 0 Å². The van der Waals surface area contributed by atoms with Crippen LogP contribution in [0.2, 0.25) is 5.02 Å². The summed E-state index contributed by atoms with van der Waals surface area (Å²) in [6, 6.07) is 6.54. The molecule has 0 amide bonds. The van der Waals surface area contributed by atoms with E-state index < -0.39 is 34.9 Å². The monoisotopic (exact) mass is 520 g/mol. The summed E-state index contributed by atoms with van der Waals surface area (Å²) in [4.78, 5) is 36.0. The molecule has 12 heteroatoms. The third-order valence-electron chi connectivity index (χ3n) is 4.12. The minimum absolute atomic E-state index is 0.0240. The van der Waals surface area contributed by atoms with Gasteiger partial charge in [-0.15, -0.1) is 0 Å². The highest BCUT2D eigenvalue weighted by Gasteiger charge is 2.31. The van der Waals surface area contributed by atoms with Gasteiger partial charge in [-0.1, -0.05) is 23.4 Å². The van der Waals surface area contributed by atoms with Gasteiger partial charge in [-0.05, 0) is 44.2 Å². The molecule has 0 aliphatic heterocycles. The van der Waals surface area contributed by atoms with Gasteiger partial charge in [-0.3, -0.25) is 9.59 Å². The average molecular weight is 521 g/mol. The molecule has 2 aromatic carbocycles. The van der Waals surface area contributed by atoms with Gasteiger partial charge in [-0.25, -0.2) is 4.79 Å². The van der Waals surface area contributed by atoms with Crippen molar-refractivity contribution in [3.05, 3.63) is 52.5 Å². The van der Waals surface area contributed by atoms with Crippen LogP contribution < -0.4 is 9.47 Å². The minimum Gasteiger partial charge on any atom is -0.478 e. The Kier molecular flexibility index (Phi) is 9.63. The lowest BCUT2D eigenvalue weighted by Gasteiger charge is -2.17. The summed E-state index contributed by atoms with van der Waals surface area (Å²) >= 11 is 6.60. The van der Waals surface area contributed by atoms with E-state index in [2.05, 4.69) is 4.74 Å². The van der Waals surface area contributed by atoms with Crippen LogP contribution in [0.15, 0.2) is 36.4 Å². The largest absolute Gasteiger partial charge is 0.478 e. The molecule has 0 saturated carbocycles. The van der Waals surface area contributed by atoms with E-state index in [1.165, 1.54) is 25.1 Å². The number of hydrogen-bond donors (Lipinski definition) is 0. The number of rotatable bonds is 9. The van der Waals surface area contributed by atoms with Crippen LogP contribution in [0, 0.1) is 0 Å². The fraction of sp³-hybridized carbons (Fsp3) is 0.318. The molecule has 1 atom stereocenters. The quantitative estimate of drug-likeness (QED) is 0.399. The van der Waals surface area contributed by atoms with E-state index in [-0.39, 0.29) is 40.2 Å². The van der Waals surface area contributed by atoms with Crippen LogP contribution >= 0.6 is 23.4 Å². The molecular weight excluding hydrogens is 501 g/mol. The lowest BCUT2D eigenvalue weighted by molar-refractivity contribution is -0.148. The van der Waals surface area contributed by atoms with Gasteiger partial charge in [0.15, 0.2) is 6.10 Å². The van der Waals surface area contributed by atoms with Crippen LogP contribution in [-0.2, 0) is 25.2 Å². The predicted octanol–water partition coefficient (Wildman–Crippen LogP) is 5.53. The lowest BCUT2D eigenvalue weighted by atomic mass is 10.2. The van der Waals surface area contributed by atoms with Gasteiger partial charge in [0.05, 0.1) is 35.6 Å². The second-order valence-corrected chi connectivity index (χ2v) is 7.92. The molecule has 0 N–H and O–H groups in total. The van der Waals surface area contributed by atoms with E-state index in [9.17, 15) is 27.6 Å². The van der Waals surface area contributed by atoms with Crippen molar-refractivity contribution >= 4 is 40.4 Å². The van der Waals surface area contributed by atoms with Crippen molar-refractivity contribution in [2.45, 2.75) is 26.1 Å². The number of benzene rings is 2. The maximum Gasteiger partial charge on any atom is 0.416 e. The van der Waals surface area contributed by atoms with Crippen molar-refractivity contribution in [3.8, 4) is 17.2 Å². The number of thioether (sulfide) groups is 1. The minimum atomic E-state index is -4.57. The number of alkyl halides is 3. The van der Waals surface area contributed by atoms with Crippen molar-refractivity contribution in [1.29, 1.82) is 0 Å². The van der Waals surface area contributed by atoms with E-state index in [4.69, 9.17) is 25.8 Å². The Morgan fingerprint density at radius 1 is 1.09 bits per heavy atom. The number of halogens is 4. The molecule has 2 rings (SSSR count). The molecule has 7 nitrogen and oxygen atoms in total. The van der Waals surface area contributed by atoms with Gasteiger partial charge in [0, 0.05) is 6.07 Å². The molecule has 0 bridgehead atoms. The van der Waals surface area contributed by atoms with Crippen molar-refractivity contribution in [3.63, 3.8) is 0 Å². The second kappa shape index (κ2) is 12.0. The fourth-order valence-corrected chi connectivity index (χ4v) is 3.40. The zero-order valence-electron chi connectivity index (χ0n) is 18.2. The average Bonchev–Trinajstić information content (AvgIpc) is 2.77. The SMILES string of the molecule is CCOC(=O)CSC(=O)c1ccc(Oc2ccc(C(F)(F)F)cc2Cl)cc1OC(C)C(=O)OC. The maximum absolute atomic E-state index is 12.9. The van der Waals surface area contributed by atoms with E-state index in [0.717, 1.165) is 25.3 Å². The number of carbonyl (C=O) groups is 3. The smallest absolute Gasteiger partial charge is 0.416 e. The molecule has 1 unspecified atom stereocenters. The normalized spacial score (nSPS) is 12.0. The number of ether oxygens (including phenoxy) is 4. The van der Waals surface area contributed by atoms with E-state index >= 15 is 0 Å². The van der Waals surface area contributed by atoms with E-state index in [1.54, 1.807) is 6.92 Å². The molecule has 0 heterocycles. The molecule has 0 aliphatic rings. The number of methoxy groups -OCH3 is 1. The number of esters is 2. The van der Waals surface area contributed by atoms with Crippen LogP contribution in [0.25, 0.3) is 0 Å². The third-order valence-corrected chi connectivity index (χ3v) is 5.28. The Hall–Kier alpha value is -2.92. The molecule has 0 aromatic heterocycles.